The predicted octanol–water partition coefficient (Wildman–Crippen LogP) is 4.29. The van der Waals surface area contributed by atoms with Crippen molar-refractivity contribution in [2.75, 3.05) is 5.32 Å². The van der Waals surface area contributed by atoms with Crippen LogP contribution in [-0.4, -0.2) is 25.2 Å². The minimum absolute atomic E-state index is 0.113. The van der Waals surface area contributed by atoms with E-state index in [0.29, 0.717) is 33.3 Å². The number of hydrogen-bond acceptors (Lipinski definition) is 4. The van der Waals surface area contributed by atoms with Gasteiger partial charge < -0.3 is 5.32 Å². The van der Waals surface area contributed by atoms with Crippen molar-refractivity contribution < 1.29 is 4.79 Å². The molecule has 7 nitrogen and oxygen atoms in total. The van der Waals surface area contributed by atoms with Crippen molar-refractivity contribution in [2.24, 2.45) is 0 Å². The first kappa shape index (κ1) is 21.1. The Hall–Kier alpha value is -3.16. The number of hydrogen-bond donors (Lipinski definition) is 1. The molecule has 2 aromatic heterocycles. The molecular formula is C22H19Cl2N5O2. The molecule has 0 aliphatic carbocycles. The number of para-hydroxylation sites is 1. The molecule has 0 saturated carbocycles. The Kier molecular flexibility index (Phi) is 6.06. The molecule has 0 atom stereocenters. The standard InChI is InChI=1S/C22H19Cl2N5O2/c1-14-4-2-6-16-21(14)25-13-28(22(16)31)11-9-19(30)27-18-8-10-26-29(18)12-15-5-3-7-17(23)20(15)24/h2-8,10,13H,9,11-12H2,1H3,(H,27,30). The zero-order chi connectivity index (χ0) is 22.0. The lowest BCUT2D eigenvalue weighted by atomic mass is 10.1. The van der Waals surface area contributed by atoms with E-state index in [-0.39, 0.29) is 24.4 Å². The molecule has 0 radical (unpaired) electrons. The summed E-state index contributed by atoms with van der Waals surface area (Å²) in [5, 5.41) is 8.53. The highest BCUT2D eigenvalue weighted by molar-refractivity contribution is 6.42. The summed E-state index contributed by atoms with van der Waals surface area (Å²) >= 11 is 12.3. The van der Waals surface area contributed by atoms with Gasteiger partial charge in [-0.05, 0) is 30.2 Å². The average molecular weight is 456 g/mol. The number of benzene rings is 2. The Morgan fingerprint density at radius 3 is 2.77 bits per heavy atom. The van der Waals surface area contributed by atoms with Gasteiger partial charge in [0.2, 0.25) is 5.91 Å². The van der Waals surface area contributed by atoms with E-state index in [0.717, 1.165) is 11.1 Å². The number of carbonyl (C=O) groups excluding carboxylic acids is 1. The summed E-state index contributed by atoms with van der Waals surface area (Å²) in [7, 11) is 0. The fourth-order valence-electron chi connectivity index (χ4n) is 3.32. The average Bonchev–Trinajstić information content (AvgIpc) is 3.18. The van der Waals surface area contributed by atoms with Gasteiger partial charge in [0.1, 0.15) is 5.82 Å². The lowest BCUT2D eigenvalue weighted by Crippen LogP contribution is -2.24. The van der Waals surface area contributed by atoms with Crippen LogP contribution in [0.2, 0.25) is 10.0 Å². The second-order valence-corrected chi connectivity index (χ2v) is 7.88. The Labute approximate surface area is 188 Å². The first-order valence-corrected chi connectivity index (χ1v) is 10.4. The van der Waals surface area contributed by atoms with Crippen LogP contribution in [-0.2, 0) is 17.9 Å². The second-order valence-electron chi connectivity index (χ2n) is 7.10. The van der Waals surface area contributed by atoms with Gasteiger partial charge in [-0.15, -0.1) is 0 Å². The summed E-state index contributed by atoms with van der Waals surface area (Å²) < 4.78 is 3.08. The van der Waals surface area contributed by atoms with Crippen LogP contribution < -0.4 is 10.9 Å². The Balaban J connectivity index is 1.44. The van der Waals surface area contributed by atoms with Gasteiger partial charge in [-0.2, -0.15) is 5.10 Å². The number of aryl methyl sites for hydroxylation is 2. The highest BCUT2D eigenvalue weighted by Gasteiger charge is 2.12. The molecule has 4 aromatic rings. The van der Waals surface area contributed by atoms with Crippen LogP contribution in [0.4, 0.5) is 5.82 Å². The fourth-order valence-corrected chi connectivity index (χ4v) is 3.70. The molecule has 0 fully saturated rings. The SMILES string of the molecule is Cc1cccc2c(=O)n(CCC(=O)Nc3ccnn3Cc3cccc(Cl)c3Cl)cnc12. The maximum absolute atomic E-state index is 12.7. The third-order valence-corrected chi connectivity index (χ3v) is 5.83. The number of anilines is 1. The van der Waals surface area contributed by atoms with Gasteiger partial charge >= 0.3 is 0 Å². The third kappa shape index (κ3) is 4.47. The highest BCUT2D eigenvalue weighted by Crippen LogP contribution is 2.26. The zero-order valence-corrected chi connectivity index (χ0v) is 18.2. The molecule has 31 heavy (non-hydrogen) atoms. The lowest BCUT2D eigenvalue weighted by Gasteiger charge is -2.11. The van der Waals surface area contributed by atoms with Crippen LogP contribution in [0.25, 0.3) is 10.9 Å². The summed E-state index contributed by atoms with van der Waals surface area (Å²) in [4.78, 5) is 29.5. The summed E-state index contributed by atoms with van der Waals surface area (Å²) in [6.45, 7) is 2.48. The lowest BCUT2D eigenvalue weighted by molar-refractivity contribution is -0.116. The van der Waals surface area contributed by atoms with Crippen molar-refractivity contribution in [2.45, 2.75) is 26.4 Å². The number of nitrogens with one attached hydrogen (secondary N) is 1. The molecule has 1 amide bonds. The smallest absolute Gasteiger partial charge is 0.261 e. The Morgan fingerprint density at radius 1 is 1.13 bits per heavy atom. The van der Waals surface area contributed by atoms with Gasteiger partial charge in [0.15, 0.2) is 0 Å². The van der Waals surface area contributed by atoms with Crippen LogP contribution in [0.1, 0.15) is 17.5 Å². The molecule has 1 N–H and O–H groups in total. The van der Waals surface area contributed by atoms with Crippen molar-refractivity contribution in [3.05, 3.63) is 86.5 Å². The predicted molar refractivity (Wildman–Crippen MR) is 122 cm³/mol. The van der Waals surface area contributed by atoms with Crippen molar-refractivity contribution >= 4 is 45.8 Å². The molecule has 4 rings (SSSR count). The molecule has 2 heterocycles. The minimum Gasteiger partial charge on any atom is -0.311 e. The summed E-state index contributed by atoms with van der Waals surface area (Å²) in [5.74, 6) is 0.288. The van der Waals surface area contributed by atoms with E-state index in [1.165, 1.54) is 10.9 Å². The molecular weight excluding hydrogens is 437 g/mol. The number of amides is 1. The van der Waals surface area contributed by atoms with Crippen LogP contribution in [0, 0.1) is 6.92 Å². The fraction of sp³-hybridized carbons (Fsp3) is 0.182. The van der Waals surface area contributed by atoms with Gasteiger partial charge in [0.25, 0.3) is 5.56 Å². The first-order valence-electron chi connectivity index (χ1n) is 9.63. The van der Waals surface area contributed by atoms with E-state index in [1.54, 1.807) is 29.1 Å². The van der Waals surface area contributed by atoms with Gasteiger partial charge in [-0.3, -0.25) is 14.2 Å². The quantitative estimate of drug-likeness (QED) is 0.470. The second kappa shape index (κ2) is 8.91. The molecule has 0 spiro atoms. The monoisotopic (exact) mass is 455 g/mol. The number of rotatable bonds is 6. The summed E-state index contributed by atoms with van der Waals surface area (Å²) in [5.41, 5.74) is 2.24. The molecule has 9 heteroatoms. The molecule has 2 aromatic carbocycles. The maximum atomic E-state index is 12.7. The van der Waals surface area contributed by atoms with Crippen molar-refractivity contribution in [3.63, 3.8) is 0 Å². The van der Waals surface area contributed by atoms with E-state index in [4.69, 9.17) is 23.2 Å². The van der Waals surface area contributed by atoms with Crippen molar-refractivity contribution in [1.82, 2.24) is 19.3 Å². The van der Waals surface area contributed by atoms with Crippen molar-refractivity contribution in [3.8, 4) is 0 Å². The van der Waals surface area contributed by atoms with Gasteiger partial charge in [-0.1, -0.05) is 47.5 Å². The highest BCUT2D eigenvalue weighted by atomic mass is 35.5. The number of nitrogens with zero attached hydrogens (tertiary/aromatic N) is 4. The third-order valence-electron chi connectivity index (χ3n) is 4.97. The van der Waals surface area contributed by atoms with Crippen LogP contribution in [0.3, 0.4) is 0 Å². The number of carbonyl (C=O) groups is 1. The molecule has 0 aliphatic heterocycles. The van der Waals surface area contributed by atoms with E-state index in [1.807, 2.05) is 31.2 Å². The van der Waals surface area contributed by atoms with Crippen LogP contribution >= 0.6 is 23.2 Å². The number of halogens is 2. The first-order chi connectivity index (χ1) is 14.9. The largest absolute Gasteiger partial charge is 0.311 e. The molecule has 0 saturated heterocycles. The minimum atomic E-state index is -0.241. The van der Waals surface area contributed by atoms with Gasteiger partial charge in [-0.25, -0.2) is 9.67 Å². The molecule has 0 unspecified atom stereocenters. The Morgan fingerprint density at radius 2 is 1.94 bits per heavy atom. The van der Waals surface area contributed by atoms with E-state index >= 15 is 0 Å². The molecule has 158 valence electrons. The Bertz CT molecular complexity index is 1330. The topological polar surface area (TPSA) is 81.8 Å². The maximum Gasteiger partial charge on any atom is 0.261 e. The number of fused-ring (bicyclic) bond motifs is 1. The molecule has 0 bridgehead atoms. The molecule has 0 aliphatic rings. The van der Waals surface area contributed by atoms with Crippen LogP contribution in [0.15, 0.2) is 59.8 Å². The zero-order valence-electron chi connectivity index (χ0n) is 16.7. The van der Waals surface area contributed by atoms with E-state index < -0.39 is 0 Å². The summed E-state index contributed by atoms with van der Waals surface area (Å²) in [6.07, 6.45) is 3.19. The number of aromatic nitrogens is 4. The summed E-state index contributed by atoms with van der Waals surface area (Å²) in [6, 6.07) is 12.5. The van der Waals surface area contributed by atoms with E-state index in [9.17, 15) is 9.59 Å². The van der Waals surface area contributed by atoms with Gasteiger partial charge in [0, 0.05) is 19.0 Å². The van der Waals surface area contributed by atoms with E-state index in [2.05, 4.69) is 15.4 Å². The van der Waals surface area contributed by atoms with Crippen LogP contribution in [0.5, 0.6) is 0 Å². The van der Waals surface area contributed by atoms with Gasteiger partial charge in [0.05, 0.1) is 40.0 Å². The normalized spacial score (nSPS) is 11.1. The van der Waals surface area contributed by atoms with Crippen molar-refractivity contribution in [1.29, 1.82) is 0 Å².